The maximum Gasteiger partial charge on any atom is 0.326 e. The molecule has 14 nitrogen and oxygen atoms in total. The van der Waals surface area contributed by atoms with E-state index < -0.39 is 52.0 Å². The van der Waals surface area contributed by atoms with Crippen molar-refractivity contribution in [3.63, 3.8) is 0 Å². The molecule has 4 rings (SSSR count). The highest BCUT2D eigenvalue weighted by Gasteiger charge is 2.40. The van der Waals surface area contributed by atoms with E-state index in [2.05, 4.69) is 26.6 Å². The van der Waals surface area contributed by atoms with Gasteiger partial charge in [0, 0.05) is 47.0 Å². The van der Waals surface area contributed by atoms with Gasteiger partial charge in [-0.2, -0.15) is 4.31 Å². The van der Waals surface area contributed by atoms with E-state index in [0.29, 0.717) is 29.8 Å². The molecule has 5 amide bonds. The van der Waals surface area contributed by atoms with Gasteiger partial charge in [0.15, 0.2) is 0 Å². The SMILES string of the molecule is Cc1ccccc1NC(=O)Nc1ccc(CC(=O)N[C@H](CNC(=O)CC[C@H](NC(=O)[C@@H]2CCCN2S(=O)(=O)c2cc(Cl)cc(Cl)c2)C(=O)O)CC(C)C)cc1. The number of sulfonamides is 1. The van der Waals surface area contributed by atoms with Crippen molar-refractivity contribution < 1.29 is 37.5 Å². The number of hydrogen-bond donors (Lipinski definition) is 6. The molecule has 1 aliphatic rings. The zero-order chi connectivity index (χ0) is 40.3. The van der Waals surface area contributed by atoms with Crippen LogP contribution in [0.15, 0.2) is 71.6 Å². The number of carbonyl (C=O) groups excluding carboxylic acids is 4. The predicted molar refractivity (Wildman–Crippen MR) is 211 cm³/mol. The second kappa shape index (κ2) is 19.8. The van der Waals surface area contributed by atoms with E-state index in [0.717, 1.165) is 9.87 Å². The topological polar surface area (TPSA) is 203 Å². The van der Waals surface area contributed by atoms with Crippen molar-refractivity contribution in [3.8, 4) is 0 Å². The molecular weight excluding hydrogens is 771 g/mol. The Balaban J connectivity index is 1.25. The lowest BCUT2D eigenvalue weighted by atomic mass is 10.0. The Morgan fingerprint density at radius 2 is 1.58 bits per heavy atom. The molecule has 3 aromatic rings. The first-order valence-electron chi connectivity index (χ1n) is 17.8. The number of benzene rings is 3. The first kappa shape index (κ1) is 43.0. The Kier molecular flexibility index (Phi) is 15.5. The van der Waals surface area contributed by atoms with Gasteiger partial charge in [0.25, 0.3) is 0 Å². The quantitative estimate of drug-likeness (QED) is 0.105. The Bertz CT molecular complexity index is 1960. The average Bonchev–Trinajstić information content (AvgIpc) is 3.61. The van der Waals surface area contributed by atoms with Crippen LogP contribution in [0.4, 0.5) is 16.2 Å². The number of aliphatic carboxylic acids is 1. The summed E-state index contributed by atoms with van der Waals surface area (Å²) in [7, 11) is -4.18. The minimum atomic E-state index is -4.18. The monoisotopic (exact) mass is 816 g/mol. The van der Waals surface area contributed by atoms with E-state index in [9.17, 15) is 37.5 Å². The fraction of sp³-hybridized carbons (Fsp3) is 0.395. The van der Waals surface area contributed by atoms with Crippen LogP contribution in [-0.4, -0.2) is 78.8 Å². The Morgan fingerprint density at radius 3 is 2.22 bits per heavy atom. The Hall–Kier alpha value is -4.70. The molecule has 0 radical (unpaired) electrons. The van der Waals surface area contributed by atoms with Crippen LogP contribution in [0, 0.1) is 12.8 Å². The molecule has 1 heterocycles. The van der Waals surface area contributed by atoms with Crippen LogP contribution in [0.25, 0.3) is 0 Å². The van der Waals surface area contributed by atoms with Crippen LogP contribution in [-0.2, 0) is 35.6 Å². The summed E-state index contributed by atoms with van der Waals surface area (Å²) >= 11 is 12.0. The third kappa shape index (κ3) is 12.9. The lowest BCUT2D eigenvalue weighted by Crippen LogP contribution is -2.51. The molecule has 6 N–H and O–H groups in total. The zero-order valence-electron chi connectivity index (χ0n) is 30.7. The van der Waals surface area contributed by atoms with Gasteiger partial charge in [-0.05, 0) is 86.1 Å². The van der Waals surface area contributed by atoms with E-state index in [4.69, 9.17) is 23.2 Å². The molecule has 17 heteroatoms. The number of amides is 5. The van der Waals surface area contributed by atoms with Gasteiger partial charge in [-0.25, -0.2) is 18.0 Å². The summed E-state index contributed by atoms with van der Waals surface area (Å²) < 4.78 is 27.7. The van der Waals surface area contributed by atoms with Gasteiger partial charge >= 0.3 is 12.0 Å². The van der Waals surface area contributed by atoms with Crippen molar-refractivity contribution in [1.29, 1.82) is 0 Å². The number of carbonyl (C=O) groups is 5. The molecule has 0 saturated carbocycles. The van der Waals surface area contributed by atoms with Gasteiger partial charge in [0.05, 0.1) is 11.3 Å². The molecule has 0 aliphatic carbocycles. The number of nitrogens with one attached hydrogen (secondary N) is 5. The number of urea groups is 1. The summed E-state index contributed by atoms with van der Waals surface area (Å²) in [5.41, 5.74) is 2.88. The minimum Gasteiger partial charge on any atom is -0.480 e. The van der Waals surface area contributed by atoms with Gasteiger partial charge in [-0.15, -0.1) is 0 Å². The van der Waals surface area contributed by atoms with Crippen LogP contribution in [0.5, 0.6) is 0 Å². The molecule has 0 spiro atoms. The van der Waals surface area contributed by atoms with Crippen LogP contribution in [0.2, 0.25) is 10.0 Å². The largest absolute Gasteiger partial charge is 0.480 e. The highest BCUT2D eigenvalue weighted by atomic mass is 35.5. The standard InChI is InChI=1S/C38H46Cl2N6O8S/c1-23(2)17-29(42-35(48)18-25-10-12-28(13-11-25)43-38(52)45-31-8-5-4-7-24(31)3)22-41-34(47)15-14-32(37(50)51)44-36(49)33-9-6-16-46(33)55(53,54)30-20-26(39)19-27(40)21-30/h4-5,7-8,10-13,19-21,23,29,32-33H,6,9,14-18,22H2,1-3H3,(H,41,47)(H,42,48)(H,44,49)(H,50,51)(H2,43,45,52)/t29-,32-,33-/m0/s1. The molecular formula is C38H46Cl2N6O8S. The van der Waals surface area contributed by atoms with E-state index in [1.54, 1.807) is 30.3 Å². The van der Waals surface area contributed by atoms with E-state index in [-0.39, 0.29) is 65.5 Å². The summed E-state index contributed by atoms with van der Waals surface area (Å²) in [6.45, 7) is 5.97. The van der Waals surface area contributed by atoms with E-state index in [1.807, 2.05) is 39.0 Å². The smallest absolute Gasteiger partial charge is 0.326 e. The van der Waals surface area contributed by atoms with E-state index >= 15 is 0 Å². The van der Waals surface area contributed by atoms with Gasteiger partial charge in [-0.1, -0.05) is 67.4 Å². The molecule has 1 saturated heterocycles. The minimum absolute atomic E-state index is 0.0397. The van der Waals surface area contributed by atoms with Crippen LogP contribution in [0.1, 0.15) is 57.1 Å². The van der Waals surface area contributed by atoms with Crippen LogP contribution < -0.4 is 26.6 Å². The molecule has 0 bridgehead atoms. The zero-order valence-corrected chi connectivity index (χ0v) is 33.1. The second-order valence-corrected chi connectivity index (χ2v) is 16.5. The number of rotatable bonds is 17. The third-order valence-electron chi connectivity index (χ3n) is 8.86. The van der Waals surface area contributed by atoms with Gasteiger partial charge in [0.1, 0.15) is 12.1 Å². The molecule has 55 heavy (non-hydrogen) atoms. The second-order valence-electron chi connectivity index (χ2n) is 13.8. The van der Waals surface area contributed by atoms with Crippen molar-refractivity contribution in [2.24, 2.45) is 5.92 Å². The Labute approximate surface area is 330 Å². The fourth-order valence-electron chi connectivity index (χ4n) is 6.16. The normalized spacial score (nSPS) is 15.5. The molecule has 3 aromatic carbocycles. The number of halogens is 2. The van der Waals surface area contributed by atoms with Gasteiger partial charge < -0.3 is 31.7 Å². The first-order chi connectivity index (χ1) is 26.0. The number of nitrogens with zero attached hydrogens (tertiary/aromatic N) is 1. The van der Waals surface area contributed by atoms with Crippen molar-refractivity contribution in [2.45, 2.75) is 82.3 Å². The summed E-state index contributed by atoms with van der Waals surface area (Å²) in [4.78, 5) is 63.3. The number of carboxylic acid groups (broad SMARTS) is 1. The summed E-state index contributed by atoms with van der Waals surface area (Å²) in [5, 5.41) is 23.7. The van der Waals surface area contributed by atoms with E-state index in [1.165, 1.54) is 18.2 Å². The fourth-order valence-corrected chi connectivity index (χ4v) is 8.54. The molecule has 3 atom stereocenters. The average molecular weight is 818 g/mol. The Morgan fingerprint density at radius 1 is 0.909 bits per heavy atom. The van der Waals surface area contributed by atoms with Crippen molar-refractivity contribution in [2.75, 3.05) is 23.7 Å². The molecule has 1 aliphatic heterocycles. The van der Waals surface area contributed by atoms with Crippen LogP contribution >= 0.6 is 23.2 Å². The molecule has 1 fully saturated rings. The molecule has 0 aromatic heterocycles. The highest BCUT2D eigenvalue weighted by Crippen LogP contribution is 2.30. The number of anilines is 2. The first-order valence-corrected chi connectivity index (χ1v) is 20.0. The summed E-state index contributed by atoms with van der Waals surface area (Å²) in [6.07, 6.45) is 0.655. The number of aryl methyl sites for hydroxylation is 1. The van der Waals surface area contributed by atoms with Crippen molar-refractivity contribution in [3.05, 3.63) is 87.9 Å². The lowest BCUT2D eigenvalue weighted by Gasteiger charge is -2.25. The lowest BCUT2D eigenvalue weighted by molar-refractivity contribution is -0.142. The highest BCUT2D eigenvalue weighted by molar-refractivity contribution is 7.89. The van der Waals surface area contributed by atoms with Crippen molar-refractivity contribution in [1.82, 2.24) is 20.3 Å². The third-order valence-corrected chi connectivity index (χ3v) is 11.2. The summed E-state index contributed by atoms with van der Waals surface area (Å²) in [5.74, 6) is -2.75. The number of hydrogen-bond acceptors (Lipinski definition) is 7. The van der Waals surface area contributed by atoms with Gasteiger partial charge in [-0.3, -0.25) is 14.4 Å². The maximum atomic E-state index is 13.4. The van der Waals surface area contributed by atoms with Crippen LogP contribution in [0.3, 0.4) is 0 Å². The van der Waals surface area contributed by atoms with Gasteiger partial charge in [0.2, 0.25) is 27.7 Å². The molecule has 296 valence electrons. The molecule has 0 unspecified atom stereocenters. The van der Waals surface area contributed by atoms with Crippen molar-refractivity contribution >= 4 is 74.3 Å². The predicted octanol–water partition coefficient (Wildman–Crippen LogP) is 5.34. The number of para-hydroxylation sites is 1. The summed E-state index contributed by atoms with van der Waals surface area (Å²) in [6, 6.07) is 14.7. The number of carboxylic acids is 1. The maximum absolute atomic E-state index is 13.4.